The van der Waals surface area contributed by atoms with E-state index in [4.69, 9.17) is 0 Å². The van der Waals surface area contributed by atoms with Gasteiger partial charge in [0.25, 0.3) is 0 Å². The highest BCUT2D eigenvalue weighted by molar-refractivity contribution is 7.11. The van der Waals surface area contributed by atoms with Crippen LogP contribution < -0.4 is 5.32 Å². The van der Waals surface area contributed by atoms with Crippen LogP contribution >= 0.6 is 11.3 Å². The third kappa shape index (κ3) is 2.23. The van der Waals surface area contributed by atoms with Crippen molar-refractivity contribution in [2.45, 2.75) is 45.6 Å². The Morgan fingerprint density at radius 2 is 2.13 bits per heavy atom. The Balaban J connectivity index is 2.23. The van der Waals surface area contributed by atoms with Crippen LogP contribution in [-0.4, -0.2) is 12.0 Å². The Kier molecular flexibility index (Phi) is 2.86. The van der Waals surface area contributed by atoms with E-state index >= 15 is 0 Å². The van der Waals surface area contributed by atoms with Crippen molar-refractivity contribution in [2.75, 3.05) is 7.05 Å². The van der Waals surface area contributed by atoms with Crippen LogP contribution in [0.15, 0.2) is 0 Å². The topological polar surface area (TPSA) is 24.9 Å². The number of hydrogen-bond donors (Lipinski definition) is 1. The van der Waals surface area contributed by atoms with E-state index in [0.29, 0.717) is 0 Å². The maximum atomic E-state index is 4.69. The molecule has 0 radical (unpaired) electrons. The quantitative estimate of drug-likeness (QED) is 0.850. The summed E-state index contributed by atoms with van der Waals surface area (Å²) in [5.41, 5.74) is 1.28. The fourth-order valence-corrected chi connectivity index (χ4v) is 2.98. The fourth-order valence-electron chi connectivity index (χ4n) is 1.90. The van der Waals surface area contributed by atoms with Gasteiger partial charge < -0.3 is 5.32 Å². The number of hydrogen-bond acceptors (Lipinski definition) is 3. The highest BCUT2D eigenvalue weighted by Crippen LogP contribution is 2.41. The number of nitrogens with zero attached hydrogens (tertiary/aromatic N) is 1. The van der Waals surface area contributed by atoms with Crippen molar-refractivity contribution in [2.24, 2.45) is 5.92 Å². The minimum absolute atomic E-state index is 0.0881. The molecule has 0 aliphatic heterocycles. The standard InChI is InChI=1S/C12H20N2S/c1-8-9(2)15-11(14-8)12(3,13-4)7-10-5-6-10/h10,13H,5-7H2,1-4H3. The Labute approximate surface area is 96.1 Å². The lowest BCUT2D eigenvalue weighted by atomic mass is 9.96. The Bertz CT molecular complexity index is 335. The molecule has 1 atom stereocenters. The first kappa shape index (κ1) is 11.1. The molecule has 0 bridgehead atoms. The van der Waals surface area contributed by atoms with E-state index in [9.17, 15) is 0 Å². The summed E-state index contributed by atoms with van der Waals surface area (Å²) in [4.78, 5) is 6.04. The third-order valence-corrected chi connectivity index (χ3v) is 4.78. The number of aryl methyl sites for hydroxylation is 2. The van der Waals surface area contributed by atoms with Crippen LogP contribution in [0.5, 0.6) is 0 Å². The normalized spacial score (nSPS) is 20.3. The Hall–Kier alpha value is -0.410. The van der Waals surface area contributed by atoms with E-state index in [0.717, 1.165) is 5.92 Å². The van der Waals surface area contributed by atoms with Gasteiger partial charge in [-0.3, -0.25) is 0 Å². The smallest absolute Gasteiger partial charge is 0.113 e. The van der Waals surface area contributed by atoms with Crippen LogP contribution in [0.2, 0.25) is 0 Å². The molecule has 1 aromatic heterocycles. The number of aromatic nitrogens is 1. The van der Waals surface area contributed by atoms with Crippen LogP contribution in [0.3, 0.4) is 0 Å². The van der Waals surface area contributed by atoms with Crippen molar-refractivity contribution in [3.05, 3.63) is 15.6 Å². The maximum Gasteiger partial charge on any atom is 0.113 e. The van der Waals surface area contributed by atoms with Gasteiger partial charge in [-0.1, -0.05) is 12.8 Å². The van der Waals surface area contributed by atoms with E-state index in [1.807, 2.05) is 11.3 Å². The molecule has 2 nitrogen and oxygen atoms in total. The summed E-state index contributed by atoms with van der Waals surface area (Å²) in [6.45, 7) is 6.54. The highest BCUT2D eigenvalue weighted by Gasteiger charge is 2.35. The molecule has 1 aliphatic rings. The zero-order valence-electron chi connectivity index (χ0n) is 10.1. The molecule has 1 saturated carbocycles. The molecule has 1 aromatic rings. The van der Waals surface area contributed by atoms with Crippen LogP contribution in [0, 0.1) is 19.8 Å². The van der Waals surface area contributed by atoms with Gasteiger partial charge in [0, 0.05) is 4.88 Å². The first-order chi connectivity index (χ1) is 7.05. The first-order valence-electron chi connectivity index (χ1n) is 5.68. The molecule has 0 spiro atoms. The van der Waals surface area contributed by atoms with Crippen LogP contribution in [-0.2, 0) is 5.54 Å². The Morgan fingerprint density at radius 1 is 1.47 bits per heavy atom. The summed E-state index contributed by atoms with van der Waals surface area (Å²) in [6.07, 6.45) is 4.04. The molecule has 84 valence electrons. The molecule has 0 amide bonds. The zero-order valence-corrected chi connectivity index (χ0v) is 10.9. The van der Waals surface area contributed by atoms with Crippen molar-refractivity contribution in [1.82, 2.24) is 10.3 Å². The van der Waals surface area contributed by atoms with Gasteiger partial charge in [0.15, 0.2) is 0 Å². The number of nitrogens with one attached hydrogen (secondary N) is 1. The van der Waals surface area contributed by atoms with Crippen molar-refractivity contribution in [3.63, 3.8) is 0 Å². The second kappa shape index (κ2) is 3.87. The molecular weight excluding hydrogens is 204 g/mol. The minimum Gasteiger partial charge on any atom is -0.309 e. The molecule has 1 heterocycles. The van der Waals surface area contributed by atoms with Gasteiger partial charge in [-0.25, -0.2) is 4.98 Å². The van der Waals surface area contributed by atoms with Crippen molar-refractivity contribution in [3.8, 4) is 0 Å². The van der Waals surface area contributed by atoms with E-state index in [2.05, 4.69) is 38.1 Å². The zero-order chi connectivity index (χ0) is 11.1. The Morgan fingerprint density at radius 3 is 2.53 bits per heavy atom. The first-order valence-corrected chi connectivity index (χ1v) is 6.50. The summed E-state index contributed by atoms with van der Waals surface area (Å²) in [5, 5.41) is 4.71. The summed E-state index contributed by atoms with van der Waals surface area (Å²) >= 11 is 1.84. The van der Waals surface area contributed by atoms with E-state index in [1.54, 1.807) is 0 Å². The molecule has 2 rings (SSSR count). The largest absolute Gasteiger partial charge is 0.309 e. The molecule has 1 fully saturated rings. The highest BCUT2D eigenvalue weighted by atomic mass is 32.1. The van der Waals surface area contributed by atoms with Crippen LogP contribution in [0.25, 0.3) is 0 Å². The van der Waals surface area contributed by atoms with E-state index < -0.39 is 0 Å². The summed E-state index contributed by atoms with van der Waals surface area (Å²) in [5.74, 6) is 0.923. The summed E-state index contributed by atoms with van der Waals surface area (Å²) in [6, 6.07) is 0. The molecule has 1 aliphatic carbocycles. The predicted octanol–water partition coefficient (Wildman–Crippen LogP) is 2.99. The van der Waals surface area contributed by atoms with Gasteiger partial charge in [0.1, 0.15) is 5.01 Å². The van der Waals surface area contributed by atoms with Crippen molar-refractivity contribution < 1.29 is 0 Å². The second-order valence-electron chi connectivity index (χ2n) is 4.89. The van der Waals surface area contributed by atoms with Gasteiger partial charge in [0.05, 0.1) is 11.2 Å². The number of rotatable bonds is 4. The fraction of sp³-hybridized carbons (Fsp3) is 0.750. The van der Waals surface area contributed by atoms with E-state index in [-0.39, 0.29) is 5.54 Å². The summed E-state index contributed by atoms with van der Waals surface area (Å²) in [7, 11) is 2.05. The van der Waals surface area contributed by atoms with Crippen molar-refractivity contribution in [1.29, 1.82) is 0 Å². The molecular formula is C12H20N2S. The molecule has 0 saturated heterocycles. The molecule has 15 heavy (non-hydrogen) atoms. The summed E-state index contributed by atoms with van der Waals surface area (Å²) < 4.78 is 0. The van der Waals surface area contributed by atoms with Gasteiger partial charge in [0.2, 0.25) is 0 Å². The van der Waals surface area contributed by atoms with Gasteiger partial charge in [-0.05, 0) is 40.2 Å². The van der Waals surface area contributed by atoms with Crippen LogP contribution in [0.1, 0.15) is 41.8 Å². The predicted molar refractivity (Wildman–Crippen MR) is 65.3 cm³/mol. The van der Waals surface area contributed by atoms with Gasteiger partial charge >= 0.3 is 0 Å². The van der Waals surface area contributed by atoms with Gasteiger partial charge in [-0.2, -0.15) is 0 Å². The lowest BCUT2D eigenvalue weighted by Gasteiger charge is -2.26. The van der Waals surface area contributed by atoms with Gasteiger partial charge in [-0.15, -0.1) is 11.3 Å². The van der Waals surface area contributed by atoms with Crippen molar-refractivity contribution >= 4 is 11.3 Å². The molecule has 1 unspecified atom stereocenters. The molecule has 0 aromatic carbocycles. The lowest BCUT2D eigenvalue weighted by Crippen LogP contribution is -2.37. The second-order valence-corrected chi connectivity index (χ2v) is 6.09. The van der Waals surface area contributed by atoms with E-state index in [1.165, 1.54) is 34.8 Å². The minimum atomic E-state index is 0.0881. The van der Waals surface area contributed by atoms with Crippen LogP contribution in [0.4, 0.5) is 0 Å². The lowest BCUT2D eigenvalue weighted by molar-refractivity contribution is 0.347. The molecule has 1 N–H and O–H groups in total. The molecule has 3 heteroatoms. The average molecular weight is 224 g/mol. The third-order valence-electron chi connectivity index (χ3n) is 3.45. The SMILES string of the molecule is CNC(C)(CC1CC1)c1nc(C)c(C)s1. The maximum absolute atomic E-state index is 4.69. The number of thiazole rings is 1. The monoisotopic (exact) mass is 224 g/mol. The average Bonchev–Trinajstić information content (AvgIpc) is 2.93.